The predicted octanol–water partition coefficient (Wildman–Crippen LogP) is 4.31. The average molecular weight is 337 g/mol. The molecule has 1 aliphatic heterocycles. The van der Waals surface area contributed by atoms with Gasteiger partial charge in [-0.25, -0.2) is 9.37 Å². The summed E-state index contributed by atoms with van der Waals surface area (Å²) < 4.78 is 14.1. The molecular weight excluding hydrogens is 315 g/mol. The second kappa shape index (κ2) is 6.04. The van der Waals surface area contributed by atoms with Crippen molar-refractivity contribution in [1.82, 2.24) is 9.88 Å². The highest BCUT2D eigenvalue weighted by molar-refractivity contribution is 6.29. The highest BCUT2D eigenvalue weighted by atomic mass is 35.5. The van der Waals surface area contributed by atoms with Crippen LogP contribution in [0.4, 0.5) is 4.39 Å². The minimum atomic E-state index is -0.690. The first kappa shape index (κ1) is 15.4. The fourth-order valence-corrected chi connectivity index (χ4v) is 5.26. The summed E-state index contributed by atoms with van der Waals surface area (Å²) in [6, 6.07) is 1.70. The molecule has 3 fully saturated rings. The zero-order chi connectivity index (χ0) is 16.0. The topological polar surface area (TPSA) is 33.2 Å². The molecule has 0 N–H and O–H groups in total. The normalized spacial score (nSPS) is 32.7. The second-order valence-corrected chi connectivity index (χ2v) is 7.79. The van der Waals surface area contributed by atoms with Crippen molar-refractivity contribution in [1.29, 1.82) is 0 Å². The van der Waals surface area contributed by atoms with Crippen molar-refractivity contribution in [2.45, 2.75) is 51.0 Å². The molecule has 3 nitrogen and oxygen atoms in total. The highest BCUT2D eigenvalue weighted by Crippen LogP contribution is 2.50. The quantitative estimate of drug-likeness (QED) is 0.771. The van der Waals surface area contributed by atoms with Gasteiger partial charge in [0.25, 0.3) is 5.91 Å². The minimum Gasteiger partial charge on any atom is -0.336 e. The van der Waals surface area contributed by atoms with E-state index in [0.29, 0.717) is 0 Å². The van der Waals surface area contributed by atoms with Crippen LogP contribution in [-0.2, 0) is 0 Å². The van der Waals surface area contributed by atoms with Crippen LogP contribution < -0.4 is 0 Å². The van der Waals surface area contributed by atoms with Gasteiger partial charge in [-0.15, -0.1) is 0 Å². The fraction of sp³-hybridized carbons (Fsp3) is 0.667. The van der Waals surface area contributed by atoms with Gasteiger partial charge in [0.15, 0.2) is 11.0 Å². The second-order valence-electron chi connectivity index (χ2n) is 7.43. The van der Waals surface area contributed by atoms with Crippen molar-refractivity contribution in [2.24, 2.45) is 17.8 Å². The third-order valence-electron chi connectivity index (χ3n) is 6.17. The fourth-order valence-electron chi connectivity index (χ4n) is 5.10. The summed E-state index contributed by atoms with van der Waals surface area (Å²) >= 11 is 5.72. The van der Waals surface area contributed by atoms with Crippen LogP contribution >= 0.6 is 11.6 Å². The smallest absolute Gasteiger partial charge is 0.257 e. The molecule has 2 heterocycles. The van der Waals surface area contributed by atoms with Gasteiger partial charge in [-0.1, -0.05) is 18.0 Å². The van der Waals surface area contributed by atoms with Crippen LogP contribution in [0.25, 0.3) is 0 Å². The molecule has 23 heavy (non-hydrogen) atoms. The van der Waals surface area contributed by atoms with E-state index in [-0.39, 0.29) is 22.7 Å². The van der Waals surface area contributed by atoms with Gasteiger partial charge >= 0.3 is 0 Å². The molecule has 0 radical (unpaired) electrons. The number of carbonyl (C=O) groups excluding carboxylic acids is 1. The summed E-state index contributed by atoms with van der Waals surface area (Å²) in [5.41, 5.74) is 0.0600. The van der Waals surface area contributed by atoms with Crippen LogP contribution in [0, 0.1) is 23.6 Å². The number of amides is 1. The molecule has 124 valence electrons. The summed E-state index contributed by atoms with van der Waals surface area (Å²) in [6.07, 6.45) is 10.0. The summed E-state index contributed by atoms with van der Waals surface area (Å²) in [5.74, 6) is 1.64. The Morgan fingerprint density at radius 3 is 2.96 bits per heavy atom. The summed E-state index contributed by atoms with van der Waals surface area (Å²) in [6.45, 7) is 0.726. The molecule has 0 spiro atoms. The van der Waals surface area contributed by atoms with Gasteiger partial charge in [-0.05, 0) is 62.3 Å². The molecule has 2 bridgehead atoms. The Labute approximate surface area is 141 Å². The minimum absolute atomic E-state index is 0.0600. The lowest BCUT2D eigenvalue weighted by Gasteiger charge is -2.30. The maximum absolute atomic E-state index is 14.1. The molecule has 5 heteroatoms. The van der Waals surface area contributed by atoms with Crippen molar-refractivity contribution < 1.29 is 9.18 Å². The van der Waals surface area contributed by atoms with Crippen molar-refractivity contribution in [3.8, 4) is 0 Å². The lowest BCUT2D eigenvalue weighted by molar-refractivity contribution is 0.0703. The van der Waals surface area contributed by atoms with Gasteiger partial charge in [0.1, 0.15) is 0 Å². The first-order valence-corrected chi connectivity index (χ1v) is 9.12. The lowest BCUT2D eigenvalue weighted by Crippen LogP contribution is -2.37. The van der Waals surface area contributed by atoms with Gasteiger partial charge in [0.05, 0.1) is 5.56 Å². The van der Waals surface area contributed by atoms with Crippen molar-refractivity contribution in [2.75, 3.05) is 6.54 Å². The van der Waals surface area contributed by atoms with E-state index in [1.54, 1.807) is 0 Å². The maximum atomic E-state index is 14.1. The number of nitrogens with zero attached hydrogens (tertiary/aromatic N) is 2. The Balaban J connectivity index is 1.49. The molecular formula is C18H22ClFN2O. The number of hydrogen-bond donors (Lipinski definition) is 0. The zero-order valence-corrected chi connectivity index (χ0v) is 13.9. The number of fused-ring (bicyclic) bond motifs is 2. The van der Waals surface area contributed by atoms with E-state index >= 15 is 0 Å². The van der Waals surface area contributed by atoms with Crippen LogP contribution in [0.3, 0.4) is 0 Å². The largest absolute Gasteiger partial charge is 0.336 e. The summed E-state index contributed by atoms with van der Waals surface area (Å²) in [4.78, 5) is 18.3. The molecule has 3 aliphatic rings. The maximum Gasteiger partial charge on any atom is 0.257 e. The molecule has 4 rings (SSSR count). The van der Waals surface area contributed by atoms with Crippen molar-refractivity contribution in [3.05, 3.63) is 28.8 Å². The van der Waals surface area contributed by atoms with E-state index in [4.69, 9.17) is 11.6 Å². The number of halogens is 2. The van der Waals surface area contributed by atoms with Gasteiger partial charge in [0, 0.05) is 18.8 Å². The molecule has 1 aromatic rings. The third kappa shape index (κ3) is 2.75. The first-order chi connectivity index (χ1) is 11.1. The van der Waals surface area contributed by atoms with Crippen LogP contribution in [0.2, 0.25) is 5.15 Å². The number of rotatable bonds is 3. The zero-order valence-electron chi connectivity index (χ0n) is 13.2. The average Bonchev–Trinajstić information content (AvgIpc) is 3.26. The third-order valence-corrected chi connectivity index (χ3v) is 6.44. The van der Waals surface area contributed by atoms with Crippen LogP contribution in [0.1, 0.15) is 55.3 Å². The number of pyridine rings is 1. The monoisotopic (exact) mass is 336 g/mol. The van der Waals surface area contributed by atoms with Gasteiger partial charge < -0.3 is 4.90 Å². The molecule has 0 unspecified atom stereocenters. The Morgan fingerprint density at radius 2 is 2.22 bits per heavy atom. The molecule has 2 aliphatic carbocycles. The van der Waals surface area contributed by atoms with E-state index in [1.165, 1.54) is 37.9 Å². The van der Waals surface area contributed by atoms with Crippen molar-refractivity contribution in [3.63, 3.8) is 0 Å². The van der Waals surface area contributed by atoms with Crippen LogP contribution in [-0.4, -0.2) is 28.4 Å². The van der Waals surface area contributed by atoms with E-state index in [0.717, 1.165) is 43.6 Å². The molecule has 0 aromatic carbocycles. The standard InChI is InChI=1S/C18H22ClFN2O/c19-17-16(20)15(5-6-21-17)18(23)22-7-1-2-14(22)10-13-9-11-3-4-12(13)8-11/h5-6,11-14H,1-4,7-10H2/t11-,12-,13+,14-/m0/s1. The van der Waals surface area contributed by atoms with Crippen LogP contribution in [0.5, 0.6) is 0 Å². The number of likely N-dealkylation sites (tertiary alicyclic amines) is 1. The van der Waals surface area contributed by atoms with E-state index < -0.39 is 5.82 Å². The van der Waals surface area contributed by atoms with Gasteiger partial charge in [-0.3, -0.25) is 4.79 Å². The molecule has 1 aromatic heterocycles. The first-order valence-electron chi connectivity index (χ1n) is 8.74. The molecule has 2 saturated carbocycles. The molecule has 1 saturated heterocycles. The van der Waals surface area contributed by atoms with E-state index in [2.05, 4.69) is 4.98 Å². The van der Waals surface area contributed by atoms with E-state index in [1.807, 2.05) is 4.90 Å². The van der Waals surface area contributed by atoms with Gasteiger partial charge in [-0.2, -0.15) is 0 Å². The Bertz CT molecular complexity index is 623. The Morgan fingerprint density at radius 1 is 1.35 bits per heavy atom. The SMILES string of the molecule is O=C(c1ccnc(Cl)c1F)N1CCC[C@H]1C[C@H]1C[C@H]2CC[C@H]1C2. The molecule has 4 atom stereocenters. The number of hydrogen-bond acceptors (Lipinski definition) is 2. The van der Waals surface area contributed by atoms with Crippen molar-refractivity contribution >= 4 is 17.5 Å². The number of carbonyl (C=O) groups is 1. The van der Waals surface area contributed by atoms with Crippen LogP contribution in [0.15, 0.2) is 12.3 Å². The summed E-state index contributed by atoms with van der Waals surface area (Å²) in [5, 5.41) is -0.223. The molecule has 1 amide bonds. The summed E-state index contributed by atoms with van der Waals surface area (Å²) in [7, 11) is 0. The van der Waals surface area contributed by atoms with Gasteiger partial charge in [0.2, 0.25) is 0 Å². The Kier molecular flexibility index (Phi) is 4.04. The highest BCUT2D eigenvalue weighted by Gasteiger charge is 2.42. The number of aromatic nitrogens is 1. The van der Waals surface area contributed by atoms with E-state index in [9.17, 15) is 9.18 Å². The lowest BCUT2D eigenvalue weighted by atomic mass is 9.83. The Hall–Kier alpha value is -1.16. The predicted molar refractivity (Wildman–Crippen MR) is 86.8 cm³/mol.